The lowest BCUT2D eigenvalue weighted by molar-refractivity contribution is -0.160. The Morgan fingerprint density at radius 3 is 2.75 bits per heavy atom. The van der Waals surface area contributed by atoms with Crippen molar-refractivity contribution in [1.29, 1.82) is 0 Å². The average molecular weight is 552 g/mol. The van der Waals surface area contributed by atoms with Gasteiger partial charge in [-0.3, -0.25) is 20.5 Å². The van der Waals surface area contributed by atoms with E-state index in [2.05, 4.69) is 52.7 Å². The molecule has 0 amide bonds. The minimum atomic E-state index is -0.543. The summed E-state index contributed by atoms with van der Waals surface area (Å²) in [6, 6.07) is 10.5. The predicted molar refractivity (Wildman–Crippen MR) is 160 cm³/mol. The molecule has 2 unspecified atom stereocenters. The van der Waals surface area contributed by atoms with E-state index in [1.807, 2.05) is 59.1 Å². The molecule has 1 aromatic carbocycles. The fourth-order valence-corrected chi connectivity index (χ4v) is 5.08. The van der Waals surface area contributed by atoms with E-state index in [0.717, 1.165) is 61.7 Å². The zero-order valence-electron chi connectivity index (χ0n) is 25.4. The SMILES string of the molecule is CCN/C=C(/CCC(c1ccc(C)c(CN2Cc3ncccc3O[C@H](CC)C2)c1)C(C)C(=O)OC(C)(C)C)NN. The Morgan fingerprint density at radius 2 is 2.08 bits per heavy atom. The first kappa shape index (κ1) is 31.4. The molecule has 2 heterocycles. The molecule has 0 aliphatic carbocycles. The van der Waals surface area contributed by atoms with E-state index in [1.54, 1.807) is 0 Å². The molecule has 0 fully saturated rings. The second-order valence-corrected chi connectivity index (χ2v) is 11.8. The number of pyridine rings is 1. The number of carbonyl (C=O) groups is 1. The van der Waals surface area contributed by atoms with Crippen LogP contribution in [-0.4, -0.2) is 40.6 Å². The predicted octanol–water partition coefficient (Wildman–Crippen LogP) is 5.32. The molecule has 0 radical (unpaired) electrons. The number of aromatic nitrogens is 1. The van der Waals surface area contributed by atoms with Crippen LogP contribution in [0, 0.1) is 12.8 Å². The molecule has 8 heteroatoms. The molecule has 0 saturated heterocycles. The Kier molecular flexibility index (Phi) is 11.4. The Hall–Kier alpha value is -3.10. The van der Waals surface area contributed by atoms with Crippen LogP contribution in [0.4, 0.5) is 0 Å². The van der Waals surface area contributed by atoms with E-state index < -0.39 is 5.60 Å². The molecule has 1 aliphatic rings. The molecule has 0 bridgehead atoms. The van der Waals surface area contributed by atoms with Crippen LogP contribution in [0.25, 0.3) is 0 Å². The standard InChI is InChI=1S/C32H49N5O3/c1-8-27-20-37(21-29-30(39-27)11-10-16-35-29)19-25-17-24(13-12-22(25)3)28(15-14-26(36-33)18-34-9-2)23(4)31(38)40-32(5,6)7/h10-13,16-18,23,27-28,34,36H,8-9,14-15,19-21,33H2,1-7H3/b26-18-/t23?,27-,28?/m1/s1. The van der Waals surface area contributed by atoms with Crippen molar-refractivity contribution < 1.29 is 14.3 Å². The third-order valence-corrected chi connectivity index (χ3v) is 7.40. The number of fused-ring (bicyclic) bond motifs is 1. The Morgan fingerprint density at radius 1 is 1.30 bits per heavy atom. The smallest absolute Gasteiger partial charge is 0.309 e. The van der Waals surface area contributed by atoms with Crippen LogP contribution < -0.4 is 21.3 Å². The second-order valence-electron chi connectivity index (χ2n) is 11.8. The summed E-state index contributed by atoms with van der Waals surface area (Å²) in [5, 5.41) is 3.21. The van der Waals surface area contributed by atoms with Crippen LogP contribution in [0.2, 0.25) is 0 Å². The number of benzene rings is 1. The van der Waals surface area contributed by atoms with Gasteiger partial charge in [0.25, 0.3) is 0 Å². The maximum atomic E-state index is 13.2. The van der Waals surface area contributed by atoms with Gasteiger partial charge in [-0.1, -0.05) is 32.0 Å². The Labute approximate surface area is 240 Å². The van der Waals surface area contributed by atoms with Crippen LogP contribution in [0.5, 0.6) is 5.75 Å². The van der Waals surface area contributed by atoms with Crippen molar-refractivity contribution >= 4 is 5.97 Å². The fourth-order valence-electron chi connectivity index (χ4n) is 5.08. The van der Waals surface area contributed by atoms with Crippen LogP contribution in [0.3, 0.4) is 0 Å². The highest BCUT2D eigenvalue weighted by molar-refractivity contribution is 5.73. The monoisotopic (exact) mass is 551 g/mol. The quantitative estimate of drug-likeness (QED) is 0.185. The van der Waals surface area contributed by atoms with Gasteiger partial charge < -0.3 is 20.2 Å². The van der Waals surface area contributed by atoms with Crippen molar-refractivity contribution in [2.75, 3.05) is 13.1 Å². The van der Waals surface area contributed by atoms with E-state index in [9.17, 15) is 4.79 Å². The molecule has 4 N–H and O–H groups in total. The third kappa shape index (κ3) is 8.96. The van der Waals surface area contributed by atoms with E-state index in [1.165, 1.54) is 11.1 Å². The van der Waals surface area contributed by atoms with Gasteiger partial charge in [0.2, 0.25) is 0 Å². The number of nitrogens with zero attached hydrogens (tertiary/aromatic N) is 2. The summed E-state index contributed by atoms with van der Waals surface area (Å²) >= 11 is 0. The number of hydrazine groups is 1. The number of nitrogens with two attached hydrogens (primary N) is 1. The number of esters is 1. The van der Waals surface area contributed by atoms with E-state index in [4.69, 9.17) is 15.3 Å². The van der Waals surface area contributed by atoms with Gasteiger partial charge in [-0.25, -0.2) is 0 Å². The second kappa shape index (κ2) is 14.5. The first-order chi connectivity index (χ1) is 19.0. The summed E-state index contributed by atoms with van der Waals surface area (Å²) in [4.78, 5) is 20.3. The molecule has 0 spiro atoms. The molecule has 1 aliphatic heterocycles. The van der Waals surface area contributed by atoms with E-state index in [0.29, 0.717) is 6.42 Å². The van der Waals surface area contributed by atoms with Gasteiger partial charge >= 0.3 is 5.97 Å². The van der Waals surface area contributed by atoms with Gasteiger partial charge in [-0.2, -0.15) is 0 Å². The lowest BCUT2D eigenvalue weighted by Crippen LogP contribution is -2.32. The highest BCUT2D eigenvalue weighted by Crippen LogP contribution is 2.34. The van der Waals surface area contributed by atoms with Gasteiger partial charge in [0, 0.05) is 44.3 Å². The normalized spacial score (nSPS) is 17.7. The minimum Gasteiger partial charge on any atom is -0.487 e. The zero-order chi connectivity index (χ0) is 29.3. The van der Waals surface area contributed by atoms with Gasteiger partial charge in [0.05, 0.1) is 11.6 Å². The fraction of sp³-hybridized carbons (Fsp3) is 0.562. The Balaban J connectivity index is 1.90. The molecule has 8 nitrogen and oxygen atoms in total. The third-order valence-electron chi connectivity index (χ3n) is 7.40. The van der Waals surface area contributed by atoms with Crippen LogP contribution in [0.1, 0.15) is 89.1 Å². The first-order valence-corrected chi connectivity index (χ1v) is 14.6. The molecule has 3 rings (SSSR count). The molecule has 2 aromatic rings. The van der Waals surface area contributed by atoms with Crippen molar-refractivity contribution in [2.24, 2.45) is 11.8 Å². The summed E-state index contributed by atoms with van der Waals surface area (Å²) in [7, 11) is 0. The zero-order valence-corrected chi connectivity index (χ0v) is 25.4. The maximum Gasteiger partial charge on any atom is 0.309 e. The molecular formula is C32H49N5O3. The summed E-state index contributed by atoms with van der Waals surface area (Å²) < 4.78 is 12.1. The largest absolute Gasteiger partial charge is 0.487 e. The number of allylic oxidation sites excluding steroid dienone is 1. The van der Waals surface area contributed by atoms with E-state index in [-0.39, 0.29) is 23.9 Å². The van der Waals surface area contributed by atoms with Gasteiger partial charge in [-0.05, 0) is 88.6 Å². The van der Waals surface area contributed by atoms with Crippen molar-refractivity contribution in [3.63, 3.8) is 0 Å². The van der Waals surface area contributed by atoms with Crippen LogP contribution in [0.15, 0.2) is 48.4 Å². The lowest BCUT2D eigenvalue weighted by Gasteiger charge is -2.29. The van der Waals surface area contributed by atoms with Crippen molar-refractivity contribution in [3.8, 4) is 5.75 Å². The van der Waals surface area contributed by atoms with Crippen molar-refractivity contribution in [2.45, 2.75) is 98.4 Å². The van der Waals surface area contributed by atoms with Crippen LogP contribution in [-0.2, 0) is 22.6 Å². The number of hydrogen-bond acceptors (Lipinski definition) is 8. The first-order valence-electron chi connectivity index (χ1n) is 14.6. The van der Waals surface area contributed by atoms with Crippen LogP contribution >= 0.6 is 0 Å². The van der Waals surface area contributed by atoms with Gasteiger partial charge in [0.1, 0.15) is 17.5 Å². The summed E-state index contributed by atoms with van der Waals surface area (Å²) in [5.74, 6) is 6.14. The highest BCUT2D eigenvalue weighted by Gasteiger charge is 2.30. The molecule has 220 valence electrons. The maximum absolute atomic E-state index is 13.2. The highest BCUT2D eigenvalue weighted by atomic mass is 16.6. The minimum absolute atomic E-state index is 0.0363. The summed E-state index contributed by atoms with van der Waals surface area (Å²) in [6.07, 6.45) is 6.23. The number of rotatable bonds is 12. The summed E-state index contributed by atoms with van der Waals surface area (Å²) in [5.41, 5.74) is 7.74. The number of hydrogen-bond donors (Lipinski definition) is 3. The average Bonchev–Trinajstić information content (AvgIpc) is 3.09. The van der Waals surface area contributed by atoms with E-state index >= 15 is 0 Å². The van der Waals surface area contributed by atoms with Gasteiger partial charge in [0.15, 0.2) is 0 Å². The van der Waals surface area contributed by atoms with Crippen molar-refractivity contribution in [1.82, 2.24) is 20.6 Å². The number of nitrogens with one attached hydrogen (secondary N) is 2. The van der Waals surface area contributed by atoms with Crippen molar-refractivity contribution in [3.05, 3.63) is 70.8 Å². The Bertz CT molecular complexity index is 1140. The lowest BCUT2D eigenvalue weighted by atomic mass is 9.82. The molecule has 40 heavy (non-hydrogen) atoms. The molecule has 3 atom stereocenters. The number of carbonyl (C=O) groups excluding carboxylic acids is 1. The summed E-state index contributed by atoms with van der Waals surface area (Å²) in [6.45, 7) is 17.2. The number of ether oxygens (including phenoxy) is 2. The molecule has 0 saturated carbocycles. The number of aryl methyl sites for hydroxylation is 1. The molecular weight excluding hydrogens is 502 g/mol. The topological polar surface area (TPSA) is 102 Å². The molecule has 1 aromatic heterocycles. The van der Waals surface area contributed by atoms with Gasteiger partial charge in [-0.15, -0.1) is 0 Å².